The zero-order valence-corrected chi connectivity index (χ0v) is 18.4. The van der Waals surface area contributed by atoms with E-state index >= 15 is 0 Å². The Labute approximate surface area is 178 Å². The van der Waals surface area contributed by atoms with Gasteiger partial charge in [0.25, 0.3) is 11.8 Å². The van der Waals surface area contributed by atoms with Gasteiger partial charge in [-0.1, -0.05) is 38.1 Å². The quantitative estimate of drug-likeness (QED) is 0.523. The molecule has 0 radical (unpaired) electrons. The van der Waals surface area contributed by atoms with Crippen molar-refractivity contribution in [3.05, 3.63) is 59.4 Å². The molecule has 3 rings (SSSR count). The molecular weight excluding hydrogens is 376 g/mol. The van der Waals surface area contributed by atoms with Crippen LogP contribution in [0.25, 0.3) is 11.5 Å². The monoisotopic (exact) mass is 406 g/mol. The fourth-order valence-corrected chi connectivity index (χ4v) is 3.34. The lowest BCUT2D eigenvalue weighted by Gasteiger charge is -2.22. The number of aromatic nitrogens is 2. The third-order valence-corrected chi connectivity index (χ3v) is 5.07. The van der Waals surface area contributed by atoms with Crippen molar-refractivity contribution in [3.8, 4) is 11.5 Å². The zero-order chi connectivity index (χ0) is 21.7. The molecule has 0 saturated carbocycles. The van der Waals surface area contributed by atoms with Crippen LogP contribution in [0.1, 0.15) is 61.8 Å². The first-order valence-corrected chi connectivity index (χ1v) is 10.5. The molecule has 1 amide bonds. The minimum atomic E-state index is -0.167. The Morgan fingerprint density at radius 3 is 2.47 bits per heavy atom. The first kappa shape index (κ1) is 21.6. The smallest absolute Gasteiger partial charge is 0.260 e. The van der Waals surface area contributed by atoms with Gasteiger partial charge in [-0.05, 0) is 56.2 Å². The van der Waals surface area contributed by atoms with Crippen LogP contribution in [0, 0.1) is 6.92 Å². The maximum absolute atomic E-state index is 12.9. The first-order valence-electron chi connectivity index (χ1n) is 10.5. The minimum Gasteiger partial charge on any atom is -0.372 e. The van der Waals surface area contributed by atoms with Gasteiger partial charge >= 0.3 is 0 Å². The SMILES string of the molecule is CCCN(CC)c1ccc(C(=O)Nc2c(C)cccc2-c2nc(C(C)C)no2)cc1. The van der Waals surface area contributed by atoms with E-state index in [4.69, 9.17) is 4.52 Å². The lowest BCUT2D eigenvalue weighted by atomic mass is 10.1. The number of benzene rings is 2. The van der Waals surface area contributed by atoms with Crippen LogP contribution in [0.15, 0.2) is 47.0 Å². The highest BCUT2D eigenvalue weighted by atomic mass is 16.5. The van der Waals surface area contributed by atoms with Crippen molar-refractivity contribution >= 4 is 17.3 Å². The van der Waals surface area contributed by atoms with Crippen LogP contribution in [0.5, 0.6) is 0 Å². The molecule has 158 valence electrons. The number of carbonyl (C=O) groups excluding carboxylic acids is 1. The van der Waals surface area contributed by atoms with Crippen LogP contribution >= 0.6 is 0 Å². The average Bonchev–Trinajstić information content (AvgIpc) is 3.24. The van der Waals surface area contributed by atoms with Gasteiger partial charge in [-0.25, -0.2) is 0 Å². The molecule has 0 aliphatic rings. The molecule has 0 unspecified atom stereocenters. The van der Waals surface area contributed by atoms with Crippen molar-refractivity contribution in [1.82, 2.24) is 10.1 Å². The predicted octanol–water partition coefficient (Wildman–Crippen LogP) is 5.66. The molecule has 6 heteroatoms. The third-order valence-electron chi connectivity index (χ3n) is 5.07. The highest BCUT2D eigenvalue weighted by molar-refractivity contribution is 6.06. The third kappa shape index (κ3) is 4.70. The van der Waals surface area contributed by atoms with E-state index in [-0.39, 0.29) is 11.8 Å². The molecular formula is C24H30N4O2. The van der Waals surface area contributed by atoms with Crippen molar-refractivity contribution in [3.63, 3.8) is 0 Å². The van der Waals surface area contributed by atoms with Crippen molar-refractivity contribution in [2.45, 2.75) is 47.0 Å². The number of nitrogens with zero attached hydrogens (tertiary/aromatic N) is 3. The van der Waals surface area contributed by atoms with Crippen molar-refractivity contribution in [2.24, 2.45) is 0 Å². The summed E-state index contributed by atoms with van der Waals surface area (Å²) in [6.07, 6.45) is 1.08. The van der Waals surface area contributed by atoms with Crippen LogP contribution in [-0.2, 0) is 0 Å². The van der Waals surface area contributed by atoms with Gasteiger partial charge < -0.3 is 14.7 Å². The molecule has 6 nitrogen and oxygen atoms in total. The van der Waals surface area contributed by atoms with E-state index in [1.165, 1.54) is 0 Å². The maximum atomic E-state index is 12.9. The number of nitrogens with one attached hydrogen (secondary N) is 1. The summed E-state index contributed by atoms with van der Waals surface area (Å²) in [5, 5.41) is 7.09. The summed E-state index contributed by atoms with van der Waals surface area (Å²) >= 11 is 0. The molecule has 1 heterocycles. The molecule has 0 spiro atoms. The minimum absolute atomic E-state index is 0.166. The van der Waals surface area contributed by atoms with Crippen molar-refractivity contribution < 1.29 is 9.32 Å². The second kappa shape index (κ2) is 9.57. The van der Waals surface area contributed by atoms with Gasteiger partial charge in [0, 0.05) is 30.3 Å². The molecule has 0 saturated heterocycles. The fourth-order valence-electron chi connectivity index (χ4n) is 3.34. The summed E-state index contributed by atoms with van der Waals surface area (Å²) in [4.78, 5) is 19.7. The Morgan fingerprint density at radius 2 is 1.87 bits per heavy atom. The van der Waals surface area contributed by atoms with E-state index < -0.39 is 0 Å². The van der Waals surface area contributed by atoms with E-state index in [0.29, 0.717) is 23.0 Å². The summed E-state index contributed by atoms with van der Waals surface area (Å²) in [7, 11) is 0. The summed E-state index contributed by atoms with van der Waals surface area (Å²) < 4.78 is 5.45. The topological polar surface area (TPSA) is 71.3 Å². The highest BCUT2D eigenvalue weighted by Crippen LogP contribution is 2.31. The van der Waals surface area contributed by atoms with Crippen LogP contribution in [0.2, 0.25) is 0 Å². The van der Waals surface area contributed by atoms with Crippen LogP contribution < -0.4 is 10.2 Å². The molecule has 2 aromatic carbocycles. The lowest BCUT2D eigenvalue weighted by molar-refractivity contribution is 0.102. The molecule has 0 atom stereocenters. The van der Waals surface area contributed by atoms with Crippen molar-refractivity contribution in [1.29, 1.82) is 0 Å². The van der Waals surface area contributed by atoms with Gasteiger partial charge in [0.1, 0.15) is 0 Å². The molecule has 1 N–H and O–H groups in total. The fraction of sp³-hybridized carbons (Fsp3) is 0.375. The van der Waals surface area contributed by atoms with Crippen molar-refractivity contribution in [2.75, 3.05) is 23.3 Å². The Hall–Kier alpha value is -3.15. The number of aryl methyl sites for hydroxylation is 1. The number of hydrogen-bond acceptors (Lipinski definition) is 5. The molecule has 0 aliphatic heterocycles. The summed E-state index contributed by atoms with van der Waals surface area (Å²) in [5.74, 6) is 1.05. The molecule has 0 bridgehead atoms. The number of rotatable bonds is 8. The number of anilines is 2. The molecule has 0 aliphatic carbocycles. The average molecular weight is 407 g/mol. The van der Waals surface area contributed by atoms with E-state index in [0.717, 1.165) is 36.3 Å². The van der Waals surface area contributed by atoms with Gasteiger partial charge in [0.15, 0.2) is 5.82 Å². The maximum Gasteiger partial charge on any atom is 0.260 e. The second-order valence-electron chi connectivity index (χ2n) is 7.69. The largest absolute Gasteiger partial charge is 0.372 e. The summed E-state index contributed by atoms with van der Waals surface area (Å²) in [5.41, 5.74) is 4.07. The predicted molar refractivity (Wildman–Crippen MR) is 121 cm³/mol. The first-order chi connectivity index (χ1) is 14.4. The summed E-state index contributed by atoms with van der Waals surface area (Å²) in [6, 6.07) is 13.5. The zero-order valence-electron chi connectivity index (χ0n) is 18.4. The van der Waals surface area contributed by atoms with Gasteiger partial charge in [-0.2, -0.15) is 4.98 Å². The molecule has 3 aromatic rings. The standard InChI is InChI=1S/C24H30N4O2/c1-6-15-28(7-2)19-13-11-18(12-14-19)23(29)25-21-17(5)9-8-10-20(21)24-26-22(16(3)4)27-30-24/h8-14,16H,6-7,15H2,1-5H3,(H,25,29). The van der Waals surface area contributed by atoms with Crippen LogP contribution in [0.4, 0.5) is 11.4 Å². The lowest BCUT2D eigenvalue weighted by Crippen LogP contribution is -2.23. The van der Waals surface area contributed by atoms with E-state index in [9.17, 15) is 4.79 Å². The number of carbonyl (C=O) groups is 1. The van der Waals surface area contributed by atoms with E-state index in [1.807, 2.05) is 63.2 Å². The van der Waals surface area contributed by atoms with Gasteiger partial charge in [-0.3, -0.25) is 4.79 Å². The van der Waals surface area contributed by atoms with Gasteiger partial charge in [-0.15, -0.1) is 0 Å². The number of para-hydroxylation sites is 1. The Bertz CT molecular complexity index is 993. The Balaban J connectivity index is 1.84. The Morgan fingerprint density at radius 1 is 1.13 bits per heavy atom. The molecule has 1 aromatic heterocycles. The normalized spacial score (nSPS) is 11.0. The van der Waals surface area contributed by atoms with E-state index in [1.54, 1.807) is 0 Å². The number of hydrogen-bond donors (Lipinski definition) is 1. The van der Waals surface area contributed by atoms with Gasteiger partial charge in [0.2, 0.25) is 0 Å². The Kier molecular flexibility index (Phi) is 6.87. The molecule has 30 heavy (non-hydrogen) atoms. The van der Waals surface area contributed by atoms with Crippen LogP contribution in [0.3, 0.4) is 0 Å². The van der Waals surface area contributed by atoms with Gasteiger partial charge in [0.05, 0.1) is 11.3 Å². The van der Waals surface area contributed by atoms with E-state index in [2.05, 4.69) is 34.2 Å². The summed E-state index contributed by atoms with van der Waals surface area (Å²) in [6.45, 7) is 12.2. The second-order valence-corrected chi connectivity index (χ2v) is 7.69. The number of amides is 1. The van der Waals surface area contributed by atoms with Crippen LogP contribution in [-0.4, -0.2) is 29.1 Å². The molecule has 0 fully saturated rings. The highest BCUT2D eigenvalue weighted by Gasteiger charge is 2.18.